The Balaban J connectivity index is 2.65. The van der Waals surface area contributed by atoms with Gasteiger partial charge < -0.3 is 5.32 Å². The Morgan fingerprint density at radius 1 is 1.46 bits per heavy atom. The van der Waals surface area contributed by atoms with Gasteiger partial charge in [-0.2, -0.15) is 0 Å². The minimum absolute atomic E-state index is 0.481. The van der Waals surface area contributed by atoms with Gasteiger partial charge >= 0.3 is 0 Å². The van der Waals surface area contributed by atoms with E-state index in [-0.39, 0.29) is 0 Å². The van der Waals surface area contributed by atoms with Gasteiger partial charge in [-0.3, -0.25) is 10.1 Å². The maximum atomic E-state index is 10.1. The zero-order chi connectivity index (χ0) is 9.68. The van der Waals surface area contributed by atoms with E-state index >= 15 is 0 Å². The number of allylic oxidation sites excluding steroid dienone is 1. The number of benzene rings is 1. The lowest BCUT2D eigenvalue weighted by molar-refractivity contribution is -0.403. The average molecular weight is 178 g/mol. The van der Waals surface area contributed by atoms with Gasteiger partial charge in [-0.05, 0) is 19.1 Å². The van der Waals surface area contributed by atoms with Crippen LogP contribution in [0.1, 0.15) is 6.92 Å². The summed E-state index contributed by atoms with van der Waals surface area (Å²) in [4.78, 5) is 9.61. The molecule has 13 heavy (non-hydrogen) atoms. The van der Waals surface area contributed by atoms with Crippen molar-refractivity contribution in [2.24, 2.45) is 0 Å². The number of nitrogens with zero attached hydrogens (tertiary/aromatic N) is 1. The molecule has 0 saturated heterocycles. The fourth-order valence-electron chi connectivity index (χ4n) is 0.940. The second-order valence-electron chi connectivity index (χ2n) is 2.59. The molecule has 1 rings (SSSR count). The average Bonchev–Trinajstić information content (AvgIpc) is 2.04. The highest BCUT2D eigenvalue weighted by Crippen LogP contribution is 2.07. The highest BCUT2D eigenvalue weighted by atomic mass is 16.6. The molecule has 0 aliphatic heterocycles. The maximum Gasteiger partial charge on any atom is 0.253 e. The van der Waals surface area contributed by atoms with Gasteiger partial charge in [0.2, 0.25) is 0 Å². The monoisotopic (exact) mass is 178 g/mol. The molecule has 0 aliphatic rings. The topological polar surface area (TPSA) is 55.2 Å². The summed E-state index contributed by atoms with van der Waals surface area (Å²) in [6, 6.07) is 9.30. The van der Waals surface area contributed by atoms with Crippen LogP contribution < -0.4 is 5.32 Å². The molecule has 1 aromatic carbocycles. The van der Waals surface area contributed by atoms with Gasteiger partial charge in [-0.25, -0.2) is 0 Å². The van der Waals surface area contributed by atoms with Crippen LogP contribution in [-0.2, 0) is 0 Å². The molecule has 1 aromatic rings. The van der Waals surface area contributed by atoms with E-state index in [1.807, 2.05) is 30.3 Å². The summed E-state index contributed by atoms with van der Waals surface area (Å²) in [5.74, 6) is 0. The highest BCUT2D eigenvalue weighted by molar-refractivity contribution is 5.46. The molecular weight excluding hydrogens is 168 g/mol. The number of nitrogens with one attached hydrogen (secondary N) is 1. The van der Waals surface area contributed by atoms with E-state index in [1.165, 1.54) is 0 Å². The lowest BCUT2D eigenvalue weighted by Gasteiger charge is -2.02. The summed E-state index contributed by atoms with van der Waals surface area (Å²) in [5, 5.41) is 13.0. The molecule has 0 spiro atoms. The molecule has 4 heteroatoms. The van der Waals surface area contributed by atoms with Gasteiger partial charge in [-0.15, -0.1) is 0 Å². The van der Waals surface area contributed by atoms with Crippen LogP contribution in [0.4, 0.5) is 5.69 Å². The molecule has 68 valence electrons. The smallest absolute Gasteiger partial charge is 0.253 e. The first-order valence-electron chi connectivity index (χ1n) is 3.82. The molecule has 0 heterocycles. The van der Waals surface area contributed by atoms with E-state index < -0.39 is 4.92 Å². The number of rotatable bonds is 3. The van der Waals surface area contributed by atoms with Crippen molar-refractivity contribution in [3.05, 3.63) is 52.3 Å². The molecule has 0 radical (unpaired) electrons. The Hall–Kier alpha value is -1.84. The van der Waals surface area contributed by atoms with E-state index in [2.05, 4.69) is 5.32 Å². The lowest BCUT2D eigenvalue weighted by Crippen LogP contribution is -1.98. The summed E-state index contributed by atoms with van der Waals surface area (Å²) >= 11 is 0. The Bertz CT molecular complexity index is 320. The van der Waals surface area contributed by atoms with Gasteiger partial charge in [0.1, 0.15) is 0 Å². The maximum absolute atomic E-state index is 10.1. The van der Waals surface area contributed by atoms with E-state index in [9.17, 15) is 10.1 Å². The number of hydrogen-bond acceptors (Lipinski definition) is 3. The second kappa shape index (κ2) is 4.25. The summed E-state index contributed by atoms with van der Waals surface area (Å²) in [6.45, 7) is 1.65. The molecule has 0 saturated carbocycles. The van der Waals surface area contributed by atoms with E-state index in [1.54, 1.807) is 6.92 Å². The molecule has 1 N–H and O–H groups in total. The van der Waals surface area contributed by atoms with Crippen LogP contribution in [0.25, 0.3) is 0 Å². The van der Waals surface area contributed by atoms with E-state index in [0.29, 0.717) is 5.70 Å². The van der Waals surface area contributed by atoms with Crippen molar-refractivity contribution in [2.45, 2.75) is 6.92 Å². The third-order valence-corrected chi connectivity index (χ3v) is 1.41. The first-order valence-corrected chi connectivity index (χ1v) is 3.82. The molecular formula is C9H10N2O2. The van der Waals surface area contributed by atoms with Crippen molar-refractivity contribution in [3.63, 3.8) is 0 Å². The van der Waals surface area contributed by atoms with Crippen LogP contribution in [0.5, 0.6) is 0 Å². The zero-order valence-corrected chi connectivity index (χ0v) is 7.23. The quantitative estimate of drug-likeness (QED) is 0.570. The number of hydrogen-bond donors (Lipinski definition) is 1. The minimum Gasteiger partial charge on any atom is -0.354 e. The molecule has 0 aromatic heterocycles. The molecule has 0 fully saturated rings. The first-order chi connectivity index (χ1) is 6.18. The molecule has 0 unspecified atom stereocenters. The van der Waals surface area contributed by atoms with E-state index in [4.69, 9.17) is 0 Å². The Kier molecular flexibility index (Phi) is 3.03. The Morgan fingerprint density at radius 2 is 2.08 bits per heavy atom. The summed E-state index contributed by atoms with van der Waals surface area (Å²) in [5.41, 5.74) is 1.36. The zero-order valence-electron chi connectivity index (χ0n) is 7.23. The Labute approximate surface area is 76.0 Å². The fourth-order valence-corrected chi connectivity index (χ4v) is 0.940. The van der Waals surface area contributed by atoms with E-state index in [0.717, 1.165) is 11.9 Å². The third kappa shape index (κ3) is 3.37. The van der Waals surface area contributed by atoms with Gasteiger partial charge in [-0.1, -0.05) is 18.2 Å². The minimum atomic E-state index is -0.481. The van der Waals surface area contributed by atoms with Crippen LogP contribution in [0.3, 0.4) is 0 Å². The van der Waals surface area contributed by atoms with Crippen molar-refractivity contribution in [1.29, 1.82) is 0 Å². The predicted molar refractivity (Wildman–Crippen MR) is 50.8 cm³/mol. The SMILES string of the molecule is C/C(=C/[N+](=O)[O-])Nc1ccccc1. The van der Waals surface area contributed by atoms with Crippen LogP contribution in [-0.4, -0.2) is 4.92 Å². The predicted octanol–water partition coefficient (Wildman–Crippen LogP) is 2.24. The van der Waals surface area contributed by atoms with Crippen molar-refractivity contribution < 1.29 is 4.92 Å². The van der Waals surface area contributed by atoms with Crippen molar-refractivity contribution in [1.82, 2.24) is 0 Å². The fraction of sp³-hybridized carbons (Fsp3) is 0.111. The summed E-state index contributed by atoms with van der Waals surface area (Å²) in [7, 11) is 0. The third-order valence-electron chi connectivity index (χ3n) is 1.41. The first kappa shape index (κ1) is 9.25. The van der Waals surface area contributed by atoms with Crippen molar-refractivity contribution in [3.8, 4) is 0 Å². The summed E-state index contributed by atoms with van der Waals surface area (Å²) < 4.78 is 0. The van der Waals surface area contributed by atoms with Gasteiger partial charge in [0, 0.05) is 5.69 Å². The Morgan fingerprint density at radius 3 is 2.62 bits per heavy atom. The van der Waals surface area contributed by atoms with Gasteiger partial charge in [0.15, 0.2) is 0 Å². The second-order valence-corrected chi connectivity index (χ2v) is 2.59. The van der Waals surface area contributed by atoms with Gasteiger partial charge in [0.05, 0.1) is 10.6 Å². The molecule has 0 atom stereocenters. The number of anilines is 1. The standard InChI is InChI=1S/C9H10N2O2/c1-8(7-11(12)13)10-9-5-3-2-4-6-9/h2-7,10H,1H3/b8-7-. The van der Waals surface area contributed by atoms with Gasteiger partial charge in [0.25, 0.3) is 6.20 Å². The molecule has 4 nitrogen and oxygen atoms in total. The van der Waals surface area contributed by atoms with Crippen LogP contribution in [0.15, 0.2) is 42.2 Å². The van der Waals surface area contributed by atoms with Crippen LogP contribution in [0, 0.1) is 10.1 Å². The molecule has 0 amide bonds. The molecule has 0 bridgehead atoms. The highest BCUT2D eigenvalue weighted by Gasteiger charge is 1.95. The van der Waals surface area contributed by atoms with Crippen LogP contribution >= 0.6 is 0 Å². The largest absolute Gasteiger partial charge is 0.354 e. The molecule has 0 aliphatic carbocycles. The summed E-state index contributed by atoms with van der Waals surface area (Å²) in [6.07, 6.45) is 0.937. The normalized spacial score (nSPS) is 11.0. The number of nitro groups is 1. The van der Waals surface area contributed by atoms with Crippen molar-refractivity contribution >= 4 is 5.69 Å². The number of para-hydroxylation sites is 1. The van der Waals surface area contributed by atoms with Crippen LogP contribution in [0.2, 0.25) is 0 Å². The van der Waals surface area contributed by atoms with Crippen molar-refractivity contribution in [2.75, 3.05) is 5.32 Å². The lowest BCUT2D eigenvalue weighted by atomic mass is 10.3.